The van der Waals surface area contributed by atoms with E-state index in [-0.39, 0.29) is 11.2 Å². The third-order valence-corrected chi connectivity index (χ3v) is 5.10. The van der Waals surface area contributed by atoms with Crippen molar-refractivity contribution in [2.75, 3.05) is 0 Å². The van der Waals surface area contributed by atoms with E-state index in [4.69, 9.17) is 23.2 Å². The van der Waals surface area contributed by atoms with Crippen molar-refractivity contribution < 1.29 is 4.79 Å². The summed E-state index contributed by atoms with van der Waals surface area (Å²) in [6.07, 6.45) is 4.63. The first-order valence-corrected chi connectivity index (χ1v) is 8.12. The average molecular weight is 318 g/mol. The smallest absolute Gasteiger partial charge is 0.233 e. The summed E-state index contributed by atoms with van der Waals surface area (Å²) in [5.74, 6) is 0.0768. The van der Waals surface area contributed by atoms with Gasteiger partial charge in [-0.1, -0.05) is 36.0 Å². The molecule has 0 heterocycles. The molecule has 0 unspecified atom stereocenters. The highest BCUT2D eigenvalue weighted by molar-refractivity contribution is 8.00. The number of benzene rings is 1. The Morgan fingerprint density at radius 3 is 2.74 bits per heavy atom. The van der Waals surface area contributed by atoms with Crippen LogP contribution in [0.1, 0.15) is 32.6 Å². The van der Waals surface area contributed by atoms with Crippen LogP contribution >= 0.6 is 35.0 Å². The van der Waals surface area contributed by atoms with Crippen LogP contribution in [0.5, 0.6) is 0 Å². The van der Waals surface area contributed by atoms with Gasteiger partial charge in [0.2, 0.25) is 5.91 Å². The molecule has 0 spiro atoms. The molecule has 0 aromatic heterocycles. The number of carbonyl (C=O) groups is 1. The van der Waals surface area contributed by atoms with E-state index in [1.54, 1.807) is 18.2 Å². The third-order valence-electron chi connectivity index (χ3n) is 3.27. The molecule has 1 amide bonds. The molecule has 1 atom stereocenters. The van der Waals surface area contributed by atoms with Gasteiger partial charge in [0.05, 0.1) is 10.3 Å². The fourth-order valence-corrected chi connectivity index (χ4v) is 3.62. The Balaban J connectivity index is 1.93. The van der Waals surface area contributed by atoms with Gasteiger partial charge in [0.1, 0.15) is 0 Å². The van der Waals surface area contributed by atoms with Crippen LogP contribution in [0.15, 0.2) is 23.1 Å². The quantitative estimate of drug-likeness (QED) is 0.826. The van der Waals surface area contributed by atoms with Crippen LogP contribution in [0.25, 0.3) is 0 Å². The number of nitrogens with one attached hydrogen (secondary N) is 1. The van der Waals surface area contributed by atoms with E-state index >= 15 is 0 Å². The molecule has 2 rings (SSSR count). The second-order valence-electron chi connectivity index (χ2n) is 4.82. The summed E-state index contributed by atoms with van der Waals surface area (Å²) in [5, 5.41) is 4.20. The standard InChI is InChI=1S/C14H17Cl2NOS/c1-9(14(18)17-11-4-2-3-5-11)19-13-8-10(15)6-7-12(13)16/h6-9,11H,2-5H2,1H3,(H,17,18)/t9-/m1/s1. The van der Waals surface area contributed by atoms with E-state index in [9.17, 15) is 4.79 Å². The van der Waals surface area contributed by atoms with Crippen molar-refractivity contribution >= 4 is 40.9 Å². The molecule has 1 aliphatic rings. The van der Waals surface area contributed by atoms with Gasteiger partial charge >= 0.3 is 0 Å². The monoisotopic (exact) mass is 317 g/mol. The fraction of sp³-hybridized carbons (Fsp3) is 0.500. The molecule has 19 heavy (non-hydrogen) atoms. The summed E-state index contributed by atoms with van der Waals surface area (Å²) in [7, 11) is 0. The maximum atomic E-state index is 12.1. The number of amides is 1. The third kappa shape index (κ3) is 4.30. The van der Waals surface area contributed by atoms with Crippen molar-refractivity contribution in [1.82, 2.24) is 5.32 Å². The first kappa shape index (κ1) is 15.0. The molecule has 1 saturated carbocycles. The maximum absolute atomic E-state index is 12.1. The summed E-state index contributed by atoms with van der Waals surface area (Å²) in [4.78, 5) is 12.9. The Morgan fingerprint density at radius 1 is 1.37 bits per heavy atom. The minimum atomic E-state index is -0.170. The normalized spacial score (nSPS) is 17.4. The molecule has 1 N–H and O–H groups in total. The number of halogens is 2. The van der Waals surface area contributed by atoms with Crippen molar-refractivity contribution in [3.8, 4) is 0 Å². The van der Waals surface area contributed by atoms with Gasteiger partial charge in [-0.05, 0) is 38.0 Å². The first-order valence-electron chi connectivity index (χ1n) is 6.48. The van der Waals surface area contributed by atoms with Crippen molar-refractivity contribution in [3.05, 3.63) is 28.2 Å². The summed E-state index contributed by atoms with van der Waals surface area (Å²) in [6, 6.07) is 5.66. The van der Waals surface area contributed by atoms with Gasteiger partial charge in [-0.25, -0.2) is 0 Å². The van der Waals surface area contributed by atoms with Gasteiger partial charge in [-0.3, -0.25) is 4.79 Å². The second-order valence-corrected chi connectivity index (χ2v) is 7.05. The summed E-state index contributed by atoms with van der Waals surface area (Å²) < 4.78 is 0. The molecule has 0 saturated heterocycles. The molecular formula is C14H17Cl2NOS. The van der Waals surface area contributed by atoms with Crippen molar-refractivity contribution in [3.63, 3.8) is 0 Å². The molecular weight excluding hydrogens is 301 g/mol. The first-order chi connectivity index (χ1) is 9.06. The van der Waals surface area contributed by atoms with Crippen molar-refractivity contribution in [2.45, 2.75) is 48.8 Å². The fourth-order valence-electron chi connectivity index (χ4n) is 2.20. The average Bonchev–Trinajstić information content (AvgIpc) is 2.86. The molecule has 0 aliphatic heterocycles. The molecule has 1 fully saturated rings. The van der Waals surface area contributed by atoms with Gasteiger partial charge in [-0.15, -0.1) is 11.8 Å². The lowest BCUT2D eigenvalue weighted by Gasteiger charge is -2.16. The summed E-state index contributed by atoms with van der Waals surface area (Å²) in [5.41, 5.74) is 0. The van der Waals surface area contributed by atoms with E-state index in [2.05, 4.69) is 5.32 Å². The van der Waals surface area contributed by atoms with Gasteiger partial charge in [0, 0.05) is 16.0 Å². The predicted molar refractivity (Wildman–Crippen MR) is 82.2 cm³/mol. The lowest BCUT2D eigenvalue weighted by atomic mass is 10.2. The minimum absolute atomic E-state index is 0.0768. The van der Waals surface area contributed by atoms with E-state index in [1.165, 1.54) is 24.6 Å². The Kier molecular flexibility index (Phi) is 5.43. The molecule has 1 aliphatic carbocycles. The number of hydrogen-bond donors (Lipinski definition) is 1. The minimum Gasteiger partial charge on any atom is -0.352 e. The zero-order valence-corrected chi connectivity index (χ0v) is 13.1. The molecule has 104 valence electrons. The van der Waals surface area contributed by atoms with Crippen LogP contribution < -0.4 is 5.32 Å². The van der Waals surface area contributed by atoms with E-state index in [0.717, 1.165) is 17.7 Å². The Morgan fingerprint density at radius 2 is 2.05 bits per heavy atom. The van der Waals surface area contributed by atoms with E-state index < -0.39 is 0 Å². The molecule has 1 aromatic carbocycles. The maximum Gasteiger partial charge on any atom is 0.233 e. The zero-order chi connectivity index (χ0) is 13.8. The van der Waals surface area contributed by atoms with Crippen molar-refractivity contribution in [2.24, 2.45) is 0 Å². The van der Waals surface area contributed by atoms with Crippen molar-refractivity contribution in [1.29, 1.82) is 0 Å². The van der Waals surface area contributed by atoms with Crippen LogP contribution in [-0.4, -0.2) is 17.2 Å². The van der Waals surface area contributed by atoms with Crippen LogP contribution in [-0.2, 0) is 4.79 Å². The van der Waals surface area contributed by atoms with Crippen LogP contribution in [0.2, 0.25) is 10.0 Å². The van der Waals surface area contributed by atoms with Gasteiger partial charge < -0.3 is 5.32 Å². The van der Waals surface area contributed by atoms with Crippen LogP contribution in [0.4, 0.5) is 0 Å². The predicted octanol–water partition coefficient (Wildman–Crippen LogP) is 4.53. The highest BCUT2D eigenvalue weighted by atomic mass is 35.5. The topological polar surface area (TPSA) is 29.1 Å². The summed E-state index contributed by atoms with van der Waals surface area (Å²) >= 11 is 13.5. The number of rotatable bonds is 4. The van der Waals surface area contributed by atoms with Crippen LogP contribution in [0.3, 0.4) is 0 Å². The SMILES string of the molecule is C[C@@H](Sc1cc(Cl)ccc1Cl)C(=O)NC1CCCC1. The molecule has 0 bridgehead atoms. The Bertz CT molecular complexity index is 461. The van der Waals surface area contributed by atoms with Crippen LogP contribution in [0, 0.1) is 0 Å². The number of hydrogen-bond acceptors (Lipinski definition) is 2. The lowest BCUT2D eigenvalue weighted by molar-refractivity contribution is -0.120. The van der Waals surface area contributed by atoms with Gasteiger partial charge in [0.15, 0.2) is 0 Å². The highest BCUT2D eigenvalue weighted by Gasteiger charge is 2.21. The summed E-state index contributed by atoms with van der Waals surface area (Å²) in [6.45, 7) is 1.90. The lowest BCUT2D eigenvalue weighted by Crippen LogP contribution is -2.37. The molecule has 5 heteroatoms. The second kappa shape index (κ2) is 6.87. The van der Waals surface area contributed by atoms with E-state index in [0.29, 0.717) is 16.1 Å². The molecule has 2 nitrogen and oxygen atoms in total. The van der Waals surface area contributed by atoms with E-state index in [1.807, 2.05) is 6.92 Å². The Hall–Kier alpha value is -0.380. The zero-order valence-electron chi connectivity index (χ0n) is 10.8. The van der Waals surface area contributed by atoms with Gasteiger partial charge in [0.25, 0.3) is 0 Å². The molecule has 0 radical (unpaired) electrons. The van der Waals surface area contributed by atoms with Gasteiger partial charge in [-0.2, -0.15) is 0 Å². The number of thioether (sulfide) groups is 1. The number of carbonyl (C=O) groups excluding carboxylic acids is 1. The largest absolute Gasteiger partial charge is 0.352 e. The molecule has 1 aromatic rings. The Labute approximate surface area is 128 Å². The highest BCUT2D eigenvalue weighted by Crippen LogP contribution is 2.32.